The SMILES string of the molecule is c1ccc(-c2nc(-n3c4ccccc4c4cc5c(ccc6cc7c(cc65)Cc5ccccc5-7)cc43)nc3ccccc23)cc1. The van der Waals surface area contributed by atoms with Crippen molar-refractivity contribution in [2.45, 2.75) is 6.42 Å². The summed E-state index contributed by atoms with van der Waals surface area (Å²) in [5.41, 5.74) is 10.7. The summed E-state index contributed by atoms with van der Waals surface area (Å²) in [5.74, 6) is 0.685. The highest BCUT2D eigenvalue weighted by atomic mass is 15.2. The van der Waals surface area contributed by atoms with Crippen molar-refractivity contribution < 1.29 is 0 Å². The molecule has 1 aliphatic rings. The Morgan fingerprint density at radius 1 is 0.455 bits per heavy atom. The lowest BCUT2D eigenvalue weighted by Gasteiger charge is -2.12. The molecular weight excluding hydrogens is 534 g/mol. The van der Waals surface area contributed by atoms with Crippen LogP contribution in [0.3, 0.4) is 0 Å². The van der Waals surface area contributed by atoms with Crippen molar-refractivity contribution in [2.75, 3.05) is 0 Å². The molecule has 204 valence electrons. The standard InChI is InChI=1S/C41H25N3/c1-2-10-25(11-3-1)40-32-15-6-8-16-37(32)42-41(43-40)44-38-17-9-7-14-31(38)36-24-35-28(23-39(36)44)19-18-27-21-34-29(22-33(27)35)20-26-12-4-5-13-30(26)34/h1-19,21-24H,20H2. The van der Waals surface area contributed by atoms with E-state index in [9.17, 15) is 0 Å². The predicted molar refractivity (Wildman–Crippen MR) is 183 cm³/mol. The van der Waals surface area contributed by atoms with E-state index in [1.807, 2.05) is 12.1 Å². The van der Waals surface area contributed by atoms with Gasteiger partial charge in [0, 0.05) is 21.7 Å². The van der Waals surface area contributed by atoms with Crippen LogP contribution >= 0.6 is 0 Å². The summed E-state index contributed by atoms with van der Waals surface area (Å²) in [5, 5.41) is 8.54. The Bertz CT molecular complexity index is 2630. The molecule has 3 nitrogen and oxygen atoms in total. The Morgan fingerprint density at radius 2 is 1.18 bits per heavy atom. The average molecular weight is 560 g/mol. The summed E-state index contributed by atoms with van der Waals surface area (Å²) in [4.78, 5) is 10.4. The number of rotatable bonds is 2. The highest BCUT2D eigenvalue weighted by molar-refractivity contribution is 6.19. The summed E-state index contributed by atoms with van der Waals surface area (Å²) in [6.07, 6.45) is 0.989. The molecule has 0 radical (unpaired) electrons. The number of aromatic nitrogens is 3. The van der Waals surface area contributed by atoms with Crippen LogP contribution in [0.2, 0.25) is 0 Å². The number of hydrogen-bond donors (Lipinski definition) is 0. The minimum absolute atomic E-state index is 0.685. The van der Waals surface area contributed by atoms with Crippen molar-refractivity contribution in [3.8, 4) is 28.3 Å². The maximum absolute atomic E-state index is 5.25. The van der Waals surface area contributed by atoms with E-state index in [1.165, 1.54) is 54.6 Å². The summed E-state index contributed by atoms with van der Waals surface area (Å²) in [6.45, 7) is 0. The van der Waals surface area contributed by atoms with Gasteiger partial charge in [-0.15, -0.1) is 0 Å². The number of nitrogens with zero attached hydrogens (tertiary/aromatic N) is 3. The molecule has 2 heterocycles. The molecule has 9 aromatic rings. The van der Waals surface area contributed by atoms with Crippen LogP contribution in [0, 0.1) is 0 Å². The highest BCUT2D eigenvalue weighted by Crippen LogP contribution is 2.42. The average Bonchev–Trinajstić information content (AvgIpc) is 3.61. The van der Waals surface area contributed by atoms with Crippen molar-refractivity contribution in [1.82, 2.24) is 14.5 Å². The van der Waals surface area contributed by atoms with E-state index in [0.29, 0.717) is 5.95 Å². The Kier molecular flexibility index (Phi) is 4.77. The van der Waals surface area contributed by atoms with E-state index in [4.69, 9.17) is 9.97 Å². The zero-order valence-corrected chi connectivity index (χ0v) is 23.8. The maximum Gasteiger partial charge on any atom is 0.235 e. The van der Waals surface area contributed by atoms with Crippen LogP contribution in [0.5, 0.6) is 0 Å². The van der Waals surface area contributed by atoms with E-state index in [2.05, 4.69) is 132 Å². The van der Waals surface area contributed by atoms with Gasteiger partial charge in [0.25, 0.3) is 0 Å². The molecule has 0 aliphatic heterocycles. The summed E-state index contributed by atoms with van der Waals surface area (Å²) >= 11 is 0. The predicted octanol–water partition coefficient (Wildman–Crippen LogP) is 10.3. The molecule has 0 unspecified atom stereocenters. The van der Waals surface area contributed by atoms with E-state index >= 15 is 0 Å². The van der Waals surface area contributed by atoms with Gasteiger partial charge >= 0.3 is 0 Å². The van der Waals surface area contributed by atoms with Crippen molar-refractivity contribution in [3.63, 3.8) is 0 Å². The largest absolute Gasteiger partial charge is 0.278 e. The van der Waals surface area contributed by atoms with E-state index < -0.39 is 0 Å². The van der Waals surface area contributed by atoms with Gasteiger partial charge in [0.05, 0.1) is 22.2 Å². The van der Waals surface area contributed by atoms with Crippen LogP contribution in [0.1, 0.15) is 11.1 Å². The Hall–Kier alpha value is -5.80. The van der Waals surface area contributed by atoms with E-state index in [0.717, 1.165) is 39.6 Å². The van der Waals surface area contributed by atoms with Crippen LogP contribution in [0.25, 0.3) is 82.6 Å². The summed E-state index contributed by atoms with van der Waals surface area (Å²) in [6, 6.07) is 50.2. The Morgan fingerprint density at radius 3 is 2.09 bits per heavy atom. The minimum Gasteiger partial charge on any atom is -0.278 e. The lowest BCUT2D eigenvalue weighted by molar-refractivity contribution is 1.01. The van der Waals surface area contributed by atoms with Gasteiger partial charge in [-0.1, -0.05) is 103 Å². The van der Waals surface area contributed by atoms with Gasteiger partial charge < -0.3 is 0 Å². The molecule has 1 aliphatic carbocycles. The van der Waals surface area contributed by atoms with Gasteiger partial charge in [-0.3, -0.25) is 4.57 Å². The molecule has 0 atom stereocenters. The first-order valence-electron chi connectivity index (χ1n) is 15.1. The molecule has 0 amide bonds. The highest BCUT2D eigenvalue weighted by Gasteiger charge is 2.21. The van der Waals surface area contributed by atoms with Crippen LogP contribution < -0.4 is 0 Å². The summed E-state index contributed by atoms with van der Waals surface area (Å²) in [7, 11) is 0. The van der Waals surface area contributed by atoms with E-state index in [1.54, 1.807) is 0 Å². The first kappa shape index (κ1) is 23.7. The normalized spacial score (nSPS) is 12.5. The molecule has 0 saturated carbocycles. The molecule has 0 spiro atoms. The molecule has 7 aromatic carbocycles. The second kappa shape index (κ2) is 8.85. The maximum atomic E-state index is 5.25. The number of hydrogen-bond acceptors (Lipinski definition) is 2. The topological polar surface area (TPSA) is 30.7 Å². The first-order valence-corrected chi connectivity index (χ1v) is 15.1. The third kappa shape index (κ3) is 3.32. The van der Waals surface area contributed by atoms with Crippen LogP contribution in [-0.4, -0.2) is 14.5 Å². The summed E-state index contributed by atoms with van der Waals surface area (Å²) < 4.78 is 2.24. The van der Waals surface area contributed by atoms with Crippen LogP contribution in [0.15, 0.2) is 140 Å². The molecule has 0 fully saturated rings. The van der Waals surface area contributed by atoms with Crippen molar-refractivity contribution in [2.24, 2.45) is 0 Å². The molecule has 0 saturated heterocycles. The fraction of sp³-hybridized carbons (Fsp3) is 0.0244. The third-order valence-electron chi connectivity index (χ3n) is 9.38. The molecule has 44 heavy (non-hydrogen) atoms. The lowest BCUT2D eigenvalue weighted by Crippen LogP contribution is -2.03. The molecular formula is C41H25N3. The molecule has 2 aromatic heterocycles. The molecule has 10 rings (SSSR count). The van der Waals surface area contributed by atoms with Crippen LogP contribution in [0.4, 0.5) is 0 Å². The quantitative estimate of drug-likeness (QED) is 0.197. The smallest absolute Gasteiger partial charge is 0.235 e. The van der Waals surface area contributed by atoms with Crippen LogP contribution in [-0.2, 0) is 6.42 Å². The van der Waals surface area contributed by atoms with Gasteiger partial charge in [-0.2, -0.15) is 0 Å². The van der Waals surface area contributed by atoms with Crippen molar-refractivity contribution in [1.29, 1.82) is 0 Å². The number of fused-ring (bicyclic) bond motifs is 10. The van der Waals surface area contributed by atoms with Gasteiger partial charge in [-0.25, -0.2) is 9.97 Å². The third-order valence-corrected chi connectivity index (χ3v) is 9.38. The van der Waals surface area contributed by atoms with Gasteiger partial charge in [0.2, 0.25) is 5.95 Å². The fourth-order valence-electron chi connectivity index (χ4n) is 7.35. The first-order chi connectivity index (χ1) is 21.8. The second-order valence-corrected chi connectivity index (χ2v) is 11.8. The second-order valence-electron chi connectivity index (χ2n) is 11.8. The van der Waals surface area contributed by atoms with Crippen molar-refractivity contribution >= 4 is 54.3 Å². The van der Waals surface area contributed by atoms with Gasteiger partial charge in [0.1, 0.15) is 0 Å². The molecule has 0 bridgehead atoms. The zero-order valence-electron chi connectivity index (χ0n) is 23.8. The Balaban J connectivity index is 1.27. The molecule has 0 N–H and O–H groups in total. The van der Waals surface area contributed by atoms with Gasteiger partial charge in [0.15, 0.2) is 0 Å². The molecule has 3 heteroatoms. The van der Waals surface area contributed by atoms with Gasteiger partial charge in [-0.05, 0) is 86.6 Å². The number of benzene rings is 7. The van der Waals surface area contributed by atoms with Crippen molar-refractivity contribution in [3.05, 3.63) is 151 Å². The van der Waals surface area contributed by atoms with E-state index in [-0.39, 0.29) is 0 Å². The fourth-order valence-corrected chi connectivity index (χ4v) is 7.35. The number of para-hydroxylation sites is 2. The lowest BCUT2D eigenvalue weighted by atomic mass is 9.95. The monoisotopic (exact) mass is 559 g/mol. The Labute approximate surface area is 253 Å². The minimum atomic E-state index is 0.685. The zero-order chi connectivity index (χ0) is 28.8.